The Bertz CT molecular complexity index is 1120. The van der Waals surface area contributed by atoms with Crippen LogP contribution in [0.3, 0.4) is 0 Å². The number of ether oxygens (including phenoxy) is 2. The number of amides is 1. The summed E-state index contributed by atoms with van der Waals surface area (Å²) in [6.45, 7) is 5.80. The number of thiazole rings is 1. The summed E-state index contributed by atoms with van der Waals surface area (Å²) >= 11 is 7.20. The molecule has 0 atom stereocenters. The predicted molar refractivity (Wildman–Crippen MR) is 113 cm³/mol. The van der Waals surface area contributed by atoms with Gasteiger partial charge in [0.2, 0.25) is 0 Å². The molecule has 0 spiro atoms. The molecule has 1 heterocycles. The van der Waals surface area contributed by atoms with Crippen LogP contribution < -0.4 is 9.54 Å². The van der Waals surface area contributed by atoms with E-state index in [2.05, 4.69) is 4.99 Å². The molecule has 0 aliphatic rings. The second-order valence-corrected chi connectivity index (χ2v) is 7.90. The minimum atomic E-state index is -0.446. The maximum atomic E-state index is 12.4. The van der Waals surface area contributed by atoms with Crippen LogP contribution in [0.4, 0.5) is 0 Å². The molecule has 0 saturated carbocycles. The largest absolute Gasteiger partial charge is 0.484 e. The summed E-state index contributed by atoms with van der Waals surface area (Å²) in [5, 5.41) is 0.587. The zero-order valence-electron chi connectivity index (χ0n) is 16.4. The molecule has 2 aromatic carbocycles. The van der Waals surface area contributed by atoms with Crippen molar-refractivity contribution in [1.82, 2.24) is 4.57 Å². The van der Waals surface area contributed by atoms with E-state index in [1.54, 1.807) is 35.8 Å². The van der Waals surface area contributed by atoms with Gasteiger partial charge in [0.15, 0.2) is 11.4 Å². The highest BCUT2D eigenvalue weighted by molar-refractivity contribution is 7.16. The second kappa shape index (κ2) is 9.24. The number of rotatable bonds is 6. The number of aryl methyl sites for hydroxylation is 2. The van der Waals surface area contributed by atoms with Crippen LogP contribution in [0, 0.1) is 13.8 Å². The quantitative estimate of drug-likeness (QED) is 0.551. The van der Waals surface area contributed by atoms with Crippen molar-refractivity contribution in [3.63, 3.8) is 0 Å². The van der Waals surface area contributed by atoms with Gasteiger partial charge in [-0.15, -0.1) is 0 Å². The van der Waals surface area contributed by atoms with Gasteiger partial charge >= 0.3 is 5.97 Å². The van der Waals surface area contributed by atoms with Crippen LogP contribution in [0.25, 0.3) is 10.2 Å². The highest BCUT2D eigenvalue weighted by Crippen LogP contribution is 2.23. The summed E-state index contributed by atoms with van der Waals surface area (Å²) in [4.78, 5) is 29.1. The van der Waals surface area contributed by atoms with E-state index in [1.807, 2.05) is 26.0 Å². The summed E-state index contributed by atoms with van der Waals surface area (Å²) in [5.41, 5.74) is 2.98. The molecule has 0 fully saturated rings. The molecule has 0 unspecified atom stereocenters. The predicted octanol–water partition coefficient (Wildman–Crippen LogP) is 4.04. The van der Waals surface area contributed by atoms with Crippen molar-refractivity contribution in [2.24, 2.45) is 4.99 Å². The minimum Gasteiger partial charge on any atom is -0.484 e. The Morgan fingerprint density at radius 3 is 2.59 bits per heavy atom. The molecule has 3 aromatic rings. The molecule has 0 N–H and O–H groups in total. The lowest BCUT2D eigenvalue weighted by molar-refractivity contribution is -0.143. The number of fused-ring (bicyclic) bond motifs is 1. The fourth-order valence-corrected chi connectivity index (χ4v) is 4.32. The van der Waals surface area contributed by atoms with Gasteiger partial charge in [-0.05, 0) is 62.2 Å². The van der Waals surface area contributed by atoms with E-state index in [0.29, 0.717) is 22.2 Å². The highest BCUT2D eigenvalue weighted by atomic mass is 35.5. The molecule has 0 bridgehead atoms. The molecule has 6 nitrogen and oxygen atoms in total. The van der Waals surface area contributed by atoms with Crippen LogP contribution in [0.5, 0.6) is 5.75 Å². The smallest absolute Gasteiger partial charge is 0.326 e. The Balaban J connectivity index is 1.93. The average molecular weight is 433 g/mol. The van der Waals surface area contributed by atoms with Crippen molar-refractivity contribution in [2.75, 3.05) is 13.2 Å². The second-order valence-electron chi connectivity index (χ2n) is 6.45. The van der Waals surface area contributed by atoms with Crippen molar-refractivity contribution in [3.8, 4) is 5.75 Å². The van der Waals surface area contributed by atoms with Crippen molar-refractivity contribution >= 4 is 45.0 Å². The first-order valence-corrected chi connectivity index (χ1v) is 10.3. The van der Waals surface area contributed by atoms with Gasteiger partial charge in [-0.1, -0.05) is 29.0 Å². The number of benzene rings is 2. The molecular weight excluding hydrogens is 412 g/mol. The van der Waals surface area contributed by atoms with Crippen LogP contribution in [-0.2, 0) is 20.9 Å². The van der Waals surface area contributed by atoms with Crippen molar-refractivity contribution in [3.05, 3.63) is 57.3 Å². The van der Waals surface area contributed by atoms with E-state index >= 15 is 0 Å². The standard InChI is InChI=1S/C21H21ClN2O4S/c1-4-27-19(26)11-24-20-14(3)9-13(2)10-17(20)29-21(24)23-18(25)12-28-16-7-5-15(22)6-8-16/h5-10H,4,11-12H2,1-3H3. The number of aromatic nitrogens is 1. The van der Waals surface area contributed by atoms with Crippen LogP contribution >= 0.6 is 22.9 Å². The van der Waals surface area contributed by atoms with Gasteiger partial charge in [-0.2, -0.15) is 4.99 Å². The number of carbonyl (C=O) groups is 2. The maximum absolute atomic E-state index is 12.4. The van der Waals surface area contributed by atoms with Gasteiger partial charge in [0.05, 0.1) is 16.8 Å². The molecule has 152 valence electrons. The van der Waals surface area contributed by atoms with Crippen LogP contribution in [0.15, 0.2) is 41.4 Å². The van der Waals surface area contributed by atoms with Gasteiger partial charge in [0.1, 0.15) is 12.3 Å². The van der Waals surface area contributed by atoms with Crippen LogP contribution in [-0.4, -0.2) is 29.7 Å². The number of esters is 1. The molecule has 1 amide bonds. The Morgan fingerprint density at radius 1 is 1.17 bits per heavy atom. The topological polar surface area (TPSA) is 69.9 Å². The Kier molecular flexibility index (Phi) is 6.71. The first kappa shape index (κ1) is 21.1. The SMILES string of the molecule is CCOC(=O)Cn1c(=NC(=O)COc2ccc(Cl)cc2)sc2cc(C)cc(C)c21. The molecule has 0 radical (unpaired) electrons. The molecule has 3 rings (SSSR count). The first-order valence-electron chi connectivity index (χ1n) is 9.09. The number of hydrogen-bond donors (Lipinski definition) is 0. The fourth-order valence-electron chi connectivity index (χ4n) is 2.97. The van der Waals surface area contributed by atoms with Crippen molar-refractivity contribution in [2.45, 2.75) is 27.3 Å². The lowest BCUT2D eigenvalue weighted by Crippen LogP contribution is -2.24. The fraction of sp³-hybridized carbons (Fsp3) is 0.286. The Morgan fingerprint density at radius 2 is 1.90 bits per heavy atom. The molecule has 29 heavy (non-hydrogen) atoms. The van der Waals surface area contributed by atoms with Gasteiger partial charge in [0.25, 0.3) is 5.91 Å². The first-order chi connectivity index (χ1) is 13.9. The zero-order chi connectivity index (χ0) is 21.0. The maximum Gasteiger partial charge on any atom is 0.326 e. The van der Waals surface area contributed by atoms with E-state index in [9.17, 15) is 9.59 Å². The molecule has 1 aromatic heterocycles. The third-order valence-corrected chi connectivity index (χ3v) is 5.38. The van der Waals surface area contributed by atoms with E-state index in [0.717, 1.165) is 21.3 Å². The van der Waals surface area contributed by atoms with Crippen LogP contribution in [0.1, 0.15) is 18.1 Å². The van der Waals surface area contributed by atoms with Gasteiger partial charge in [-0.25, -0.2) is 0 Å². The normalized spacial score (nSPS) is 11.7. The molecule has 0 aliphatic carbocycles. The van der Waals surface area contributed by atoms with E-state index in [1.165, 1.54) is 11.3 Å². The van der Waals surface area contributed by atoms with Gasteiger partial charge in [0, 0.05) is 5.02 Å². The zero-order valence-corrected chi connectivity index (χ0v) is 18.0. The summed E-state index contributed by atoms with van der Waals surface area (Å²) in [6, 6.07) is 10.8. The van der Waals surface area contributed by atoms with Crippen molar-refractivity contribution < 1.29 is 19.1 Å². The number of hydrogen-bond acceptors (Lipinski definition) is 5. The van der Waals surface area contributed by atoms with E-state index in [-0.39, 0.29) is 19.1 Å². The molecular formula is C21H21ClN2O4S. The Labute approximate surface area is 177 Å². The van der Waals surface area contributed by atoms with Crippen molar-refractivity contribution in [1.29, 1.82) is 0 Å². The number of carbonyl (C=O) groups excluding carboxylic acids is 2. The van der Waals surface area contributed by atoms with E-state index in [4.69, 9.17) is 21.1 Å². The lowest BCUT2D eigenvalue weighted by Gasteiger charge is -2.07. The van der Waals surface area contributed by atoms with Gasteiger partial charge in [-0.3, -0.25) is 9.59 Å². The third kappa shape index (κ3) is 5.25. The summed E-state index contributed by atoms with van der Waals surface area (Å²) < 4.78 is 13.2. The molecule has 0 aliphatic heterocycles. The monoisotopic (exact) mass is 432 g/mol. The molecule has 0 saturated heterocycles. The Hall–Kier alpha value is -2.64. The highest BCUT2D eigenvalue weighted by Gasteiger charge is 2.14. The third-order valence-electron chi connectivity index (χ3n) is 4.10. The lowest BCUT2D eigenvalue weighted by atomic mass is 10.1. The molecule has 8 heteroatoms. The van der Waals surface area contributed by atoms with Gasteiger partial charge < -0.3 is 14.0 Å². The summed E-state index contributed by atoms with van der Waals surface area (Å²) in [6.07, 6.45) is 0. The summed E-state index contributed by atoms with van der Waals surface area (Å²) in [7, 11) is 0. The number of halogens is 1. The van der Waals surface area contributed by atoms with Crippen LogP contribution in [0.2, 0.25) is 5.02 Å². The average Bonchev–Trinajstić information content (AvgIpc) is 2.98. The minimum absolute atomic E-state index is 0.0120. The summed E-state index contributed by atoms with van der Waals surface area (Å²) in [5.74, 6) is -0.294. The van der Waals surface area contributed by atoms with E-state index < -0.39 is 5.91 Å². The number of nitrogens with zero attached hydrogens (tertiary/aromatic N) is 2.